The van der Waals surface area contributed by atoms with Crippen LogP contribution >= 0.6 is 11.6 Å². The maximum atomic E-state index is 12.7. The van der Waals surface area contributed by atoms with Gasteiger partial charge >= 0.3 is 0 Å². The van der Waals surface area contributed by atoms with E-state index in [1.54, 1.807) is 0 Å². The van der Waals surface area contributed by atoms with Crippen molar-refractivity contribution in [2.45, 2.75) is 0 Å². The molecular weight excluding hydrogens is 200 g/mol. The summed E-state index contributed by atoms with van der Waals surface area (Å²) < 4.78 is 29.3. The van der Waals surface area contributed by atoms with Gasteiger partial charge in [0.1, 0.15) is 24.8 Å². The Morgan fingerprint density at radius 1 is 1.46 bits per heavy atom. The molecule has 1 aromatic carbocycles. The average Bonchev–Trinajstić information content (AvgIpc) is 2.09. The van der Waals surface area contributed by atoms with Crippen LogP contribution < -0.4 is 10.5 Å². The number of benzene rings is 1. The molecule has 0 amide bonds. The Morgan fingerprint density at radius 2 is 2.15 bits per heavy atom. The Balaban J connectivity index is 2.88. The molecule has 0 saturated heterocycles. The lowest BCUT2D eigenvalue weighted by atomic mass is 10.3. The van der Waals surface area contributed by atoms with Crippen molar-refractivity contribution < 1.29 is 13.5 Å². The third-order valence-electron chi connectivity index (χ3n) is 1.39. The SMILES string of the molecule is Nc1cc(OCCF)c(Cl)cc1F. The number of alkyl halides is 1. The summed E-state index contributed by atoms with van der Waals surface area (Å²) in [5, 5.41) is 0.0835. The van der Waals surface area contributed by atoms with Crippen LogP contribution in [-0.4, -0.2) is 13.3 Å². The highest BCUT2D eigenvalue weighted by Gasteiger charge is 2.06. The Hall–Kier alpha value is -1.03. The number of nitrogen functional groups attached to an aromatic ring is 1. The summed E-state index contributed by atoms with van der Waals surface area (Å²) in [4.78, 5) is 0. The lowest BCUT2D eigenvalue weighted by molar-refractivity contribution is 0.273. The second-order valence-electron chi connectivity index (χ2n) is 2.34. The topological polar surface area (TPSA) is 35.2 Å². The van der Waals surface area contributed by atoms with Gasteiger partial charge in [-0.15, -0.1) is 0 Å². The molecule has 0 unspecified atom stereocenters. The van der Waals surface area contributed by atoms with Gasteiger partial charge in [-0.1, -0.05) is 11.6 Å². The van der Waals surface area contributed by atoms with Crippen LogP contribution in [0.5, 0.6) is 5.75 Å². The standard InChI is InChI=1S/C8H8ClF2NO/c9-5-3-6(11)7(12)4-8(5)13-2-1-10/h3-4H,1-2,12H2. The number of hydrogen-bond acceptors (Lipinski definition) is 2. The molecule has 0 aromatic heterocycles. The van der Waals surface area contributed by atoms with Crippen molar-refractivity contribution in [2.75, 3.05) is 19.0 Å². The quantitative estimate of drug-likeness (QED) is 0.773. The minimum atomic E-state index is -0.631. The zero-order valence-corrected chi connectivity index (χ0v) is 7.44. The molecule has 72 valence electrons. The Kier molecular flexibility index (Phi) is 3.31. The zero-order chi connectivity index (χ0) is 9.84. The summed E-state index contributed by atoms with van der Waals surface area (Å²) >= 11 is 5.59. The van der Waals surface area contributed by atoms with Crippen LogP contribution in [0, 0.1) is 5.82 Å². The maximum absolute atomic E-state index is 12.7. The van der Waals surface area contributed by atoms with Gasteiger partial charge < -0.3 is 10.5 Å². The first-order valence-corrected chi connectivity index (χ1v) is 3.96. The van der Waals surface area contributed by atoms with Crippen molar-refractivity contribution in [3.8, 4) is 5.75 Å². The first-order chi connectivity index (χ1) is 6.15. The zero-order valence-electron chi connectivity index (χ0n) is 6.69. The molecule has 2 nitrogen and oxygen atoms in total. The van der Waals surface area contributed by atoms with E-state index in [4.69, 9.17) is 22.1 Å². The van der Waals surface area contributed by atoms with Crippen molar-refractivity contribution in [2.24, 2.45) is 0 Å². The molecule has 0 heterocycles. The number of anilines is 1. The summed E-state index contributed by atoms with van der Waals surface area (Å²) in [7, 11) is 0. The van der Waals surface area contributed by atoms with E-state index in [1.807, 2.05) is 0 Å². The molecule has 1 aromatic rings. The first kappa shape index (κ1) is 10.1. The molecule has 13 heavy (non-hydrogen) atoms. The number of ether oxygens (including phenoxy) is 1. The molecule has 1 rings (SSSR count). The van der Waals surface area contributed by atoms with Crippen LogP contribution in [0.2, 0.25) is 5.02 Å². The predicted molar refractivity (Wildman–Crippen MR) is 47.3 cm³/mol. The number of rotatable bonds is 3. The van der Waals surface area contributed by atoms with Crippen molar-refractivity contribution in [3.63, 3.8) is 0 Å². The third-order valence-corrected chi connectivity index (χ3v) is 1.68. The second-order valence-corrected chi connectivity index (χ2v) is 2.75. The van der Waals surface area contributed by atoms with Gasteiger partial charge in [0.15, 0.2) is 0 Å². The smallest absolute Gasteiger partial charge is 0.147 e. The number of hydrogen-bond donors (Lipinski definition) is 1. The molecular formula is C8H8ClF2NO. The van der Waals surface area contributed by atoms with Gasteiger partial charge in [0.25, 0.3) is 0 Å². The fraction of sp³-hybridized carbons (Fsp3) is 0.250. The largest absolute Gasteiger partial charge is 0.489 e. The second kappa shape index (κ2) is 4.28. The van der Waals surface area contributed by atoms with E-state index in [0.29, 0.717) is 0 Å². The van der Waals surface area contributed by atoms with E-state index in [0.717, 1.165) is 6.07 Å². The minimum absolute atomic E-state index is 0.0711. The fourth-order valence-electron chi connectivity index (χ4n) is 0.804. The molecule has 2 N–H and O–H groups in total. The van der Waals surface area contributed by atoms with Crippen LogP contribution in [0.3, 0.4) is 0 Å². The third kappa shape index (κ3) is 2.45. The summed E-state index contributed by atoms with van der Waals surface area (Å²) in [6, 6.07) is 2.26. The van der Waals surface area contributed by atoms with Gasteiger partial charge in [0.2, 0.25) is 0 Å². The van der Waals surface area contributed by atoms with Gasteiger partial charge in [0, 0.05) is 6.07 Å². The van der Waals surface area contributed by atoms with Crippen LogP contribution in [-0.2, 0) is 0 Å². The van der Waals surface area contributed by atoms with E-state index in [2.05, 4.69) is 0 Å². The van der Waals surface area contributed by atoms with E-state index < -0.39 is 12.5 Å². The Labute approximate surface area is 79.2 Å². The minimum Gasteiger partial charge on any atom is -0.489 e. The molecule has 0 bridgehead atoms. The first-order valence-electron chi connectivity index (χ1n) is 3.58. The molecule has 0 aliphatic heterocycles. The monoisotopic (exact) mass is 207 g/mol. The van der Waals surface area contributed by atoms with Crippen molar-refractivity contribution in [1.82, 2.24) is 0 Å². The van der Waals surface area contributed by atoms with Crippen LogP contribution in [0.25, 0.3) is 0 Å². The van der Waals surface area contributed by atoms with Gasteiger partial charge in [-0.05, 0) is 6.07 Å². The van der Waals surface area contributed by atoms with Crippen LogP contribution in [0.1, 0.15) is 0 Å². The summed E-state index contributed by atoms with van der Waals surface area (Å²) in [5.74, 6) is -0.421. The van der Waals surface area contributed by atoms with E-state index in [-0.39, 0.29) is 23.1 Å². The Morgan fingerprint density at radius 3 is 2.77 bits per heavy atom. The molecule has 0 saturated carbocycles. The predicted octanol–water partition coefficient (Wildman–Crippen LogP) is 2.41. The summed E-state index contributed by atoms with van der Waals surface area (Å²) in [5.41, 5.74) is 5.18. The molecule has 0 spiro atoms. The number of halogens is 3. The van der Waals surface area contributed by atoms with Gasteiger partial charge in [-0.2, -0.15) is 0 Å². The Bertz CT molecular complexity index is 306. The summed E-state index contributed by atoms with van der Waals surface area (Å²) in [6.07, 6.45) is 0. The van der Waals surface area contributed by atoms with E-state index >= 15 is 0 Å². The van der Waals surface area contributed by atoms with Crippen LogP contribution in [0.15, 0.2) is 12.1 Å². The van der Waals surface area contributed by atoms with Crippen molar-refractivity contribution >= 4 is 17.3 Å². The normalized spacial score (nSPS) is 10.1. The van der Waals surface area contributed by atoms with Gasteiger partial charge in [0.05, 0.1) is 10.7 Å². The lowest BCUT2D eigenvalue weighted by Crippen LogP contribution is -2.00. The fourth-order valence-corrected chi connectivity index (χ4v) is 1.01. The molecule has 0 fully saturated rings. The highest BCUT2D eigenvalue weighted by Crippen LogP contribution is 2.28. The average molecular weight is 208 g/mol. The molecule has 0 aliphatic carbocycles. The molecule has 0 atom stereocenters. The van der Waals surface area contributed by atoms with Gasteiger partial charge in [-0.3, -0.25) is 0 Å². The molecule has 5 heteroatoms. The van der Waals surface area contributed by atoms with E-state index in [9.17, 15) is 8.78 Å². The van der Waals surface area contributed by atoms with E-state index in [1.165, 1.54) is 6.07 Å². The lowest BCUT2D eigenvalue weighted by Gasteiger charge is -2.07. The van der Waals surface area contributed by atoms with Gasteiger partial charge in [-0.25, -0.2) is 8.78 Å². The molecule has 0 aliphatic rings. The molecule has 0 radical (unpaired) electrons. The summed E-state index contributed by atoms with van der Waals surface area (Å²) in [6.45, 7) is -0.752. The number of nitrogens with two attached hydrogens (primary N) is 1. The maximum Gasteiger partial charge on any atom is 0.147 e. The highest BCUT2D eigenvalue weighted by atomic mass is 35.5. The highest BCUT2D eigenvalue weighted by molar-refractivity contribution is 6.32. The van der Waals surface area contributed by atoms with Crippen LogP contribution in [0.4, 0.5) is 14.5 Å². The van der Waals surface area contributed by atoms with Crippen molar-refractivity contribution in [1.29, 1.82) is 0 Å². The van der Waals surface area contributed by atoms with Crippen molar-refractivity contribution in [3.05, 3.63) is 23.0 Å².